The van der Waals surface area contributed by atoms with E-state index in [0.717, 1.165) is 0 Å². The van der Waals surface area contributed by atoms with Gasteiger partial charge in [0.1, 0.15) is 5.25 Å². The number of carbonyl (C=O) groups excluding carboxylic acids is 1. The molecule has 2 heterocycles. The van der Waals surface area contributed by atoms with Crippen LogP contribution in [0.4, 0.5) is 10.5 Å². The van der Waals surface area contributed by atoms with Crippen LogP contribution in [-0.2, 0) is 9.84 Å². The van der Waals surface area contributed by atoms with Gasteiger partial charge in [-0.3, -0.25) is 0 Å². The Bertz CT molecular complexity index is 956. The fraction of sp³-hybridized carbons (Fsp3) is 0.235. The average molecular weight is 395 g/mol. The third-order valence-corrected chi connectivity index (χ3v) is 6.70. The summed E-state index contributed by atoms with van der Waals surface area (Å²) in [6.07, 6.45) is 0. The maximum Gasteiger partial charge on any atom is 0.321 e. The van der Waals surface area contributed by atoms with Crippen LogP contribution in [-0.4, -0.2) is 44.5 Å². The molecule has 2 aliphatic heterocycles. The first-order chi connectivity index (χ1) is 12.4. The molecule has 0 spiro atoms. The molecule has 2 amide bonds. The van der Waals surface area contributed by atoms with Gasteiger partial charge in [-0.1, -0.05) is 11.6 Å². The Hall–Kier alpha value is -2.45. The van der Waals surface area contributed by atoms with Crippen molar-refractivity contribution in [3.05, 3.63) is 47.5 Å². The molecule has 0 saturated carbocycles. The summed E-state index contributed by atoms with van der Waals surface area (Å²) in [5.41, 5.74) is 0.559. The third kappa shape index (κ3) is 3.06. The lowest BCUT2D eigenvalue weighted by Crippen LogP contribution is -2.58. The van der Waals surface area contributed by atoms with E-state index in [1.807, 2.05) is 0 Å². The molecule has 0 bridgehead atoms. The van der Waals surface area contributed by atoms with Gasteiger partial charge in [0.05, 0.1) is 4.90 Å². The zero-order valence-electron chi connectivity index (χ0n) is 13.5. The zero-order chi connectivity index (χ0) is 18.3. The van der Waals surface area contributed by atoms with Gasteiger partial charge in [-0.05, 0) is 36.4 Å². The topological polar surface area (TPSA) is 84.9 Å². The van der Waals surface area contributed by atoms with Gasteiger partial charge >= 0.3 is 6.03 Å². The van der Waals surface area contributed by atoms with Crippen molar-refractivity contribution in [3.63, 3.8) is 0 Å². The number of fused-ring (bicyclic) bond motifs is 1. The van der Waals surface area contributed by atoms with Crippen LogP contribution in [0.2, 0.25) is 5.02 Å². The summed E-state index contributed by atoms with van der Waals surface area (Å²) < 4.78 is 35.6. The molecule has 2 aromatic carbocycles. The number of benzene rings is 2. The highest BCUT2D eigenvalue weighted by Gasteiger charge is 2.40. The largest absolute Gasteiger partial charge is 0.454 e. The van der Waals surface area contributed by atoms with Crippen molar-refractivity contribution in [1.82, 2.24) is 4.90 Å². The number of hydrogen-bond acceptors (Lipinski definition) is 5. The Morgan fingerprint density at radius 2 is 1.77 bits per heavy atom. The number of nitrogens with one attached hydrogen (secondary N) is 1. The van der Waals surface area contributed by atoms with E-state index in [2.05, 4.69) is 5.32 Å². The summed E-state index contributed by atoms with van der Waals surface area (Å²) in [6, 6.07) is 10.8. The molecular weight excluding hydrogens is 380 g/mol. The lowest BCUT2D eigenvalue weighted by molar-refractivity contribution is 0.174. The van der Waals surface area contributed by atoms with Crippen LogP contribution < -0.4 is 14.8 Å². The molecule has 4 rings (SSSR count). The Morgan fingerprint density at radius 3 is 2.50 bits per heavy atom. The second-order valence-corrected chi connectivity index (χ2v) is 8.69. The molecule has 0 aromatic heterocycles. The van der Waals surface area contributed by atoms with Gasteiger partial charge in [-0.15, -0.1) is 0 Å². The molecule has 1 N–H and O–H groups in total. The fourth-order valence-corrected chi connectivity index (χ4v) is 4.57. The minimum Gasteiger partial charge on any atom is -0.454 e. The number of hydrogen-bond donors (Lipinski definition) is 1. The number of amides is 2. The van der Waals surface area contributed by atoms with Gasteiger partial charge in [0, 0.05) is 29.9 Å². The van der Waals surface area contributed by atoms with Crippen LogP contribution in [0.5, 0.6) is 11.5 Å². The van der Waals surface area contributed by atoms with E-state index in [1.165, 1.54) is 29.2 Å². The van der Waals surface area contributed by atoms with E-state index >= 15 is 0 Å². The van der Waals surface area contributed by atoms with Crippen LogP contribution in [0.3, 0.4) is 0 Å². The van der Waals surface area contributed by atoms with Gasteiger partial charge in [0.25, 0.3) is 0 Å². The molecule has 0 atom stereocenters. The highest BCUT2D eigenvalue weighted by Crippen LogP contribution is 2.34. The Labute approximate surface area is 155 Å². The number of ether oxygens (including phenoxy) is 2. The van der Waals surface area contributed by atoms with E-state index in [4.69, 9.17) is 21.1 Å². The van der Waals surface area contributed by atoms with Crippen molar-refractivity contribution in [2.75, 3.05) is 25.2 Å². The summed E-state index contributed by atoms with van der Waals surface area (Å²) in [6.45, 7) is 0.436. The Kier molecular flexibility index (Phi) is 4.16. The number of carbonyl (C=O) groups is 1. The summed E-state index contributed by atoms with van der Waals surface area (Å²) in [7, 11) is -3.48. The van der Waals surface area contributed by atoms with Gasteiger partial charge in [0.15, 0.2) is 21.3 Å². The first-order valence-electron chi connectivity index (χ1n) is 7.88. The number of rotatable bonds is 3. The molecule has 136 valence electrons. The van der Waals surface area contributed by atoms with E-state index in [1.54, 1.807) is 18.2 Å². The number of urea groups is 1. The molecule has 1 saturated heterocycles. The molecule has 0 radical (unpaired) electrons. The van der Waals surface area contributed by atoms with Gasteiger partial charge in [-0.2, -0.15) is 0 Å². The van der Waals surface area contributed by atoms with E-state index in [-0.39, 0.29) is 30.8 Å². The first kappa shape index (κ1) is 17.0. The Balaban J connectivity index is 1.38. The zero-order valence-corrected chi connectivity index (χ0v) is 15.1. The minimum atomic E-state index is -3.48. The quantitative estimate of drug-likeness (QED) is 0.865. The van der Waals surface area contributed by atoms with Crippen molar-refractivity contribution in [2.45, 2.75) is 10.1 Å². The molecule has 2 aliphatic rings. The third-order valence-electron chi connectivity index (χ3n) is 4.34. The standard InChI is InChI=1S/C17H15ClN2O5S/c18-11-1-4-13(5-2-11)26(22,23)14-8-20(9-14)17(21)19-12-3-6-15-16(7-12)25-10-24-15/h1-7,14H,8-10H2,(H,19,21). The minimum absolute atomic E-state index is 0.140. The summed E-state index contributed by atoms with van der Waals surface area (Å²) in [5, 5.41) is 2.59. The molecule has 2 aromatic rings. The van der Waals surface area contributed by atoms with Crippen LogP contribution in [0.1, 0.15) is 0 Å². The normalized spacial score (nSPS) is 16.3. The summed E-state index contributed by atoms with van der Waals surface area (Å²) in [4.78, 5) is 13.9. The highest BCUT2D eigenvalue weighted by atomic mass is 35.5. The lowest BCUT2D eigenvalue weighted by atomic mass is 10.2. The first-order valence-corrected chi connectivity index (χ1v) is 9.81. The van der Waals surface area contributed by atoms with Crippen LogP contribution in [0.15, 0.2) is 47.4 Å². The number of sulfone groups is 1. The van der Waals surface area contributed by atoms with Crippen LogP contribution in [0, 0.1) is 0 Å². The second-order valence-electron chi connectivity index (χ2n) is 6.02. The molecule has 9 heteroatoms. The lowest BCUT2D eigenvalue weighted by Gasteiger charge is -2.38. The predicted molar refractivity (Wildman–Crippen MR) is 95.6 cm³/mol. The van der Waals surface area contributed by atoms with Gasteiger partial charge in [-0.25, -0.2) is 13.2 Å². The molecule has 26 heavy (non-hydrogen) atoms. The molecular formula is C17H15ClN2O5S. The predicted octanol–water partition coefficient (Wildman–Crippen LogP) is 2.76. The van der Waals surface area contributed by atoms with Crippen molar-refractivity contribution in [1.29, 1.82) is 0 Å². The van der Waals surface area contributed by atoms with Crippen molar-refractivity contribution in [3.8, 4) is 11.5 Å². The van der Waals surface area contributed by atoms with Crippen LogP contribution in [0.25, 0.3) is 0 Å². The average Bonchev–Trinajstić information content (AvgIpc) is 3.01. The SMILES string of the molecule is O=C(Nc1ccc2c(c1)OCO2)N1CC(S(=O)(=O)c2ccc(Cl)cc2)C1. The monoisotopic (exact) mass is 394 g/mol. The molecule has 0 aliphatic carbocycles. The van der Waals surface area contributed by atoms with E-state index in [9.17, 15) is 13.2 Å². The number of anilines is 1. The van der Waals surface area contributed by atoms with Gasteiger partial charge < -0.3 is 19.7 Å². The highest BCUT2D eigenvalue weighted by molar-refractivity contribution is 7.92. The molecule has 1 fully saturated rings. The number of nitrogens with zero attached hydrogens (tertiary/aromatic N) is 1. The maximum absolute atomic E-state index is 12.5. The van der Waals surface area contributed by atoms with Crippen molar-refractivity contribution >= 4 is 33.2 Å². The smallest absolute Gasteiger partial charge is 0.321 e. The van der Waals surface area contributed by atoms with Crippen LogP contribution >= 0.6 is 11.6 Å². The van der Waals surface area contributed by atoms with E-state index in [0.29, 0.717) is 22.2 Å². The number of likely N-dealkylation sites (tertiary alicyclic amines) is 1. The second kappa shape index (κ2) is 6.37. The molecule has 0 unspecified atom stereocenters. The summed E-state index contributed by atoms with van der Waals surface area (Å²) >= 11 is 5.79. The number of halogens is 1. The van der Waals surface area contributed by atoms with Gasteiger partial charge in [0.2, 0.25) is 6.79 Å². The maximum atomic E-state index is 12.5. The van der Waals surface area contributed by atoms with Crippen molar-refractivity contribution < 1.29 is 22.7 Å². The Morgan fingerprint density at radius 1 is 1.08 bits per heavy atom. The molecule has 7 nitrogen and oxygen atoms in total. The summed E-state index contributed by atoms with van der Waals surface area (Å²) in [5.74, 6) is 1.19. The fourth-order valence-electron chi connectivity index (χ4n) is 2.79. The van der Waals surface area contributed by atoms with E-state index < -0.39 is 15.1 Å². The van der Waals surface area contributed by atoms with Crippen molar-refractivity contribution in [2.24, 2.45) is 0 Å².